The molecule has 1 amide bonds. The van der Waals surface area contributed by atoms with Crippen LogP contribution in [0.1, 0.15) is 24.5 Å². The Bertz CT molecular complexity index is 781. The van der Waals surface area contributed by atoms with Crippen LogP contribution in [0, 0.1) is 5.92 Å². The first-order valence-corrected chi connectivity index (χ1v) is 10.3. The summed E-state index contributed by atoms with van der Waals surface area (Å²) < 4.78 is 15.5. The van der Waals surface area contributed by atoms with Gasteiger partial charge in [-0.05, 0) is 36.8 Å². The maximum absolute atomic E-state index is 12.1. The summed E-state index contributed by atoms with van der Waals surface area (Å²) in [5.41, 5.74) is 1.98. The molecule has 0 saturated carbocycles. The molecule has 2 aromatic rings. The summed E-state index contributed by atoms with van der Waals surface area (Å²) in [4.78, 5) is 24.0. The van der Waals surface area contributed by atoms with Gasteiger partial charge in [0.15, 0.2) is 6.04 Å². The van der Waals surface area contributed by atoms with Gasteiger partial charge < -0.3 is 24.6 Å². The van der Waals surface area contributed by atoms with E-state index in [1.54, 1.807) is 6.92 Å². The highest BCUT2D eigenvalue weighted by Gasteiger charge is 2.23. The first-order valence-electron chi connectivity index (χ1n) is 10.3. The van der Waals surface area contributed by atoms with Crippen molar-refractivity contribution in [2.45, 2.75) is 38.5 Å². The topological polar surface area (TPSA) is 94.1 Å². The summed E-state index contributed by atoms with van der Waals surface area (Å²) in [5, 5.41) is 12.6. The van der Waals surface area contributed by atoms with Crippen molar-refractivity contribution >= 4 is 12.1 Å². The monoisotopic (exact) mass is 429 g/mol. The second-order valence-corrected chi connectivity index (χ2v) is 7.34. The normalized spacial score (nSPS) is 13.6. The third-order valence-electron chi connectivity index (χ3n) is 4.93. The van der Waals surface area contributed by atoms with E-state index in [-0.39, 0.29) is 19.1 Å². The van der Waals surface area contributed by atoms with Crippen LogP contribution in [0.25, 0.3) is 0 Å². The van der Waals surface area contributed by atoms with Gasteiger partial charge >= 0.3 is 12.1 Å². The van der Waals surface area contributed by atoms with Crippen LogP contribution in [0.5, 0.6) is 0 Å². The fourth-order valence-corrected chi connectivity index (χ4v) is 3.08. The predicted molar refractivity (Wildman–Crippen MR) is 116 cm³/mol. The Balaban J connectivity index is 1.78. The first kappa shape index (κ1) is 24.4. The molecule has 2 N–H and O–H groups in total. The second kappa shape index (κ2) is 13.4. The van der Waals surface area contributed by atoms with E-state index in [0.717, 1.165) is 17.5 Å². The van der Waals surface area contributed by atoms with Crippen LogP contribution in [-0.4, -0.2) is 49.6 Å². The van der Waals surface area contributed by atoms with Crippen LogP contribution < -0.4 is 5.32 Å². The van der Waals surface area contributed by atoms with Gasteiger partial charge in [0.1, 0.15) is 6.61 Å². The summed E-state index contributed by atoms with van der Waals surface area (Å²) in [6.45, 7) is 2.13. The van der Waals surface area contributed by atoms with Gasteiger partial charge in [0.25, 0.3) is 0 Å². The smallest absolute Gasteiger partial charge is 0.408 e. The Morgan fingerprint density at radius 2 is 1.61 bits per heavy atom. The lowest BCUT2D eigenvalue weighted by Gasteiger charge is -2.21. The van der Waals surface area contributed by atoms with Crippen molar-refractivity contribution in [3.63, 3.8) is 0 Å². The average molecular weight is 430 g/mol. The van der Waals surface area contributed by atoms with Crippen LogP contribution in [0.2, 0.25) is 0 Å². The molecule has 2 aromatic carbocycles. The zero-order valence-corrected chi connectivity index (χ0v) is 18.0. The van der Waals surface area contributed by atoms with E-state index in [0.29, 0.717) is 13.0 Å². The van der Waals surface area contributed by atoms with Crippen LogP contribution in [0.4, 0.5) is 4.79 Å². The highest BCUT2D eigenvalue weighted by molar-refractivity contribution is 5.81. The van der Waals surface area contributed by atoms with Gasteiger partial charge in [-0.15, -0.1) is 0 Å². The van der Waals surface area contributed by atoms with Crippen molar-refractivity contribution in [3.8, 4) is 0 Å². The average Bonchev–Trinajstić information content (AvgIpc) is 2.79. The number of alkyl carbamates (subject to hydrolysis) is 1. The van der Waals surface area contributed by atoms with Gasteiger partial charge in [-0.3, -0.25) is 0 Å². The number of ether oxygens (including phenoxy) is 3. The molecule has 7 heteroatoms. The number of rotatable bonds is 12. The van der Waals surface area contributed by atoms with Gasteiger partial charge in [-0.25, -0.2) is 9.59 Å². The molecule has 0 aliphatic carbocycles. The molecular weight excluding hydrogens is 398 g/mol. The number of esters is 1. The molecule has 0 fully saturated rings. The minimum atomic E-state index is -0.979. The van der Waals surface area contributed by atoms with Gasteiger partial charge in [-0.1, -0.05) is 60.7 Å². The predicted octanol–water partition coefficient (Wildman–Crippen LogP) is 3.10. The molecule has 0 aliphatic rings. The number of hydrogen-bond acceptors (Lipinski definition) is 6. The Morgan fingerprint density at radius 1 is 1.00 bits per heavy atom. The van der Waals surface area contributed by atoms with Gasteiger partial charge in [0.2, 0.25) is 0 Å². The quantitative estimate of drug-likeness (QED) is 0.398. The standard InChI is InChI=1S/C24H31NO6/c1-18(26)21(15-19-9-5-3-6-10-19)13-14-30-17-22(23(27)29-2)25-24(28)31-16-20-11-7-4-8-12-20/h3-12,18,21-22,26H,13-17H2,1-2H3,(H,25,28)/t18-,21-,22-/m0/s1. The molecule has 7 nitrogen and oxygen atoms in total. The highest BCUT2D eigenvalue weighted by Crippen LogP contribution is 2.16. The molecule has 0 heterocycles. The Hall–Kier alpha value is -2.90. The Kier molecular flexibility index (Phi) is 10.5. The third kappa shape index (κ3) is 9.19. The van der Waals surface area contributed by atoms with Crippen LogP contribution in [-0.2, 0) is 32.0 Å². The zero-order valence-electron chi connectivity index (χ0n) is 18.0. The van der Waals surface area contributed by atoms with Crippen LogP contribution >= 0.6 is 0 Å². The molecule has 168 valence electrons. The molecule has 3 atom stereocenters. The SMILES string of the molecule is COC(=O)[C@H](COCC[C@@H](Cc1ccccc1)[C@H](C)O)NC(=O)OCc1ccccc1. The molecule has 0 radical (unpaired) electrons. The number of benzene rings is 2. The summed E-state index contributed by atoms with van der Waals surface area (Å²) >= 11 is 0. The number of hydrogen-bond donors (Lipinski definition) is 2. The summed E-state index contributed by atoms with van der Waals surface area (Å²) in [6.07, 6.45) is 0.116. The molecule has 31 heavy (non-hydrogen) atoms. The van der Waals surface area contributed by atoms with Crippen molar-refractivity contribution in [2.24, 2.45) is 5.92 Å². The summed E-state index contributed by atoms with van der Waals surface area (Å²) in [5.74, 6) is -0.601. The number of aliphatic hydroxyl groups is 1. The molecule has 0 spiro atoms. The van der Waals surface area contributed by atoms with E-state index >= 15 is 0 Å². The van der Waals surface area contributed by atoms with Crippen molar-refractivity contribution < 1.29 is 28.9 Å². The molecule has 0 unspecified atom stereocenters. The van der Waals surface area contributed by atoms with E-state index in [9.17, 15) is 14.7 Å². The number of amides is 1. The summed E-state index contributed by atoms with van der Waals surface area (Å²) in [7, 11) is 1.25. The number of carbonyl (C=O) groups is 2. The molecular formula is C24H31NO6. The maximum Gasteiger partial charge on any atom is 0.408 e. The molecule has 0 bridgehead atoms. The molecule has 2 rings (SSSR count). The minimum absolute atomic E-state index is 0.0165. The van der Waals surface area contributed by atoms with Crippen LogP contribution in [0.15, 0.2) is 60.7 Å². The molecule has 0 saturated heterocycles. The second-order valence-electron chi connectivity index (χ2n) is 7.34. The summed E-state index contributed by atoms with van der Waals surface area (Å²) in [6, 6.07) is 18.2. The van der Waals surface area contributed by atoms with Crippen molar-refractivity contribution in [1.82, 2.24) is 5.32 Å². The molecule has 0 aromatic heterocycles. The van der Waals surface area contributed by atoms with Crippen molar-refractivity contribution in [1.29, 1.82) is 0 Å². The van der Waals surface area contributed by atoms with Crippen molar-refractivity contribution in [3.05, 3.63) is 71.8 Å². The van der Waals surface area contributed by atoms with Crippen molar-refractivity contribution in [2.75, 3.05) is 20.3 Å². The van der Waals surface area contributed by atoms with E-state index < -0.39 is 24.2 Å². The largest absolute Gasteiger partial charge is 0.467 e. The van der Waals surface area contributed by atoms with E-state index in [1.807, 2.05) is 60.7 Å². The third-order valence-corrected chi connectivity index (χ3v) is 4.93. The zero-order chi connectivity index (χ0) is 22.5. The lowest BCUT2D eigenvalue weighted by Crippen LogP contribution is -2.45. The van der Waals surface area contributed by atoms with Crippen LogP contribution in [0.3, 0.4) is 0 Å². The highest BCUT2D eigenvalue weighted by atomic mass is 16.6. The van der Waals surface area contributed by atoms with Gasteiger partial charge in [0, 0.05) is 6.61 Å². The first-order chi connectivity index (χ1) is 15.0. The number of nitrogens with one attached hydrogen (secondary N) is 1. The van der Waals surface area contributed by atoms with Gasteiger partial charge in [0.05, 0.1) is 19.8 Å². The molecule has 0 aliphatic heterocycles. The number of methoxy groups -OCH3 is 1. The fraction of sp³-hybridized carbons (Fsp3) is 0.417. The fourth-order valence-electron chi connectivity index (χ4n) is 3.08. The Labute approximate surface area is 183 Å². The minimum Gasteiger partial charge on any atom is -0.467 e. The van der Waals surface area contributed by atoms with E-state index in [2.05, 4.69) is 5.32 Å². The maximum atomic E-state index is 12.1. The van der Waals surface area contributed by atoms with Gasteiger partial charge in [-0.2, -0.15) is 0 Å². The van der Waals surface area contributed by atoms with E-state index in [1.165, 1.54) is 7.11 Å². The number of carbonyl (C=O) groups excluding carboxylic acids is 2. The van der Waals surface area contributed by atoms with E-state index in [4.69, 9.17) is 14.2 Å². The Morgan fingerprint density at radius 3 is 2.19 bits per heavy atom. The number of aliphatic hydroxyl groups excluding tert-OH is 1. The lowest BCUT2D eigenvalue weighted by atomic mass is 9.92. The lowest BCUT2D eigenvalue weighted by molar-refractivity contribution is -0.144.